The summed E-state index contributed by atoms with van der Waals surface area (Å²) in [4.78, 5) is 0. The summed E-state index contributed by atoms with van der Waals surface area (Å²) >= 11 is 5.73. The molecule has 0 aromatic rings. The van der Waals surface area contributed by atoms with Crippen LogP contribution >= 0.6 is 11.6 Å². The van der Waals surface area contributed by atoms with Crippen molar-refractivity contribution in [3.8, 4) is 0 Å². The fourth-order valence-corrected chi connectivity index (χ4v) is 4.02. The molecule has 0 N–H and O–H groups in total. The molecular formula is C13H29ClOSi. The largest absolute Gasteiger partial charge is 0.417 e. The van der Waals surface area contributed by atoms with Gasteiger partial charge in [-0.1, -0.05) is 33.1 Å². The van der Waals surface area contributed by atoms with E-state index in [1.54, 1.807) is 0 Å². The van der Waals surface area contributed by atoms with Crippen molar-refractivity contribution in [3.63, 3.8) is 0 Å². The highest BCUT2D eigenvalue weighted by Crippen LogP contribution is 2.19. The van der Waals surface area contributed by atoms with E-state index >= 15 is 0 Å². The zero-order valence-electron chi connectivity index (χ0n) is 11.5. The van der Waals surface area contributed by atoms with Gasteiger partial charge in [-0.15, -0.1) is 11.6 Å². The molecular weight excluding hydrogens is 236 g/mol. The van der Waals surface area contributed by atoms with Crippen molar-refractivity contribution < 1.29 is 4.43 Å². The molecule has 0 heterocycles. The summed E-state index contributed by atoms with van der Waals surface area (Å²) in [5.74, 6) is 1.54. The Labute approximate surface area is 108 Å². The van der Waals surface area contributed by atoms with Gasteiger partial charge >= 0.3 is 0 Å². The highest BCUT2D eigenvalue weighted by Gasteiger charge is 2.22. The number of hydrogen-bond donors (Lipinski definition) is 0. The monoisotopic (exact) mass is 264 g/mol. The standard InChI is InChI=1S/C13H29ClOSi/c1-5-7-9-13(6-2)12-15-16(3,4)11-8-10-14/h13H,5-12H2,1-4H3. The van der Waals surface area contributed by atoms with Crippen LogP contribution in [0.4, 0.5) is 0 Å². The average Bonchev–Trinajstić information content (AvgIpc) is 2.27. The molecule has 0 rings (SSSR count). The van der Waals surface area contributed by atoms with Crippen molar-refractivity contribution in [2.24, 2.45) is 5.92 Å². The van der Waals surface area contributed by atoms with Crippen LogP contribution in [-0.4, -0.2) is 20.8 Å². The van der Waals surface area contributed by atoms with Crippen LogP contribution in [0.2, 0.25) is 19.1 Å². The topological polar surface area (TPSA) is 9.23 Å². The van der Waals surface area contributed by atoms with Gasteiger partial charge in [0.15, 0.2) is 8.32 Å². The second-order valence-corrected chi connectivity index (χ2v) is 9.97. The van der Waals surface area contributed by atoms with Gasteiger partial charge < -0.3 is 4.43 Å². The van der Waals surface area contributed by atoms with Gasteiger partial charge in [0.2, 0.25) is 0 Å². The maximum atomic E-state index is 6.16. The van der Waals surface area contributed by atoms with Gasteiger partial charge in [0.25, 0.3) is 0 Å². The molecule has 0 spiro atoms. The Morgan fingerprint density at radius 2 is 1.88 bits per heavy atom. The predicted molar refractivity (Wildman–Crippen MR) is 76.9 cm³/mol. The van der Waals surface area contributed by atoms with Crippen LogP contribution in [-0.2, 0) is 4.43 Å². The predicted octanol–water partition coefficient (Wildman–Crippen LogP) is 5.05. The number of hydrogen-bond acceptors (Lipinski definition) is 1. The summed E-state index contributed by atoms with van der Waals surface area (Å²) in [5, 5.41) is 0. The normalized spacial score (nSPS) is 14.1. The maximum Gasteiger partial charge on any atom is 0.186 e. The third-order valence-corrected chi connectivity index (χ3v) is 5.94. The molecule has 0 bridgehead atoms. The molecule has 1 unspecified atom stereocenters. The highest BCUT2D eigenvalue weighted by atomic mass is 35.5. The van der Waals surface area contributed by atoms with Crippen molar-refractivity contribution >= 4 is 19.9 Å². The first-order chi connectivity index (χ1) is 7.55. The van der Waals surface area contributed by atoms with Crippen molar-refractivity contribution in [1.82, 2.24) is 0 Å². The fourth-order valence-electron chi connectivity index (χ4n) is 1.81. The minimum atomic E-state index is -1.43. The van der Waals surface area contributed by atoms with Gasteiger partial charge in [0, 0.05) is 12.5 Å². The van der Waals surface area contributed by atoms with Gasteiger partial charge in [-0.2, -0.15) is 0 Å². The SMILES string of the molecule is CCCCC(CC)CO[Si](C)(C)CCCCl. The molecule has 0 aliphatic heterocycles. The molecule has 0 aromatic carbocycles. The van der Waals surface area contributed by atoms with Crippen molar-refractivity contribution in [1.29, 1.82) is 0 Å². The van der Waals surface area contributed by atoms with Crippen LogP contribution in [0.5, 0.6) is 0 Å². The molecule has 1 atom stereocenters. The summed E-state index contributed by atoms with van der Waals surface area (Å²) in [7, 11) is -1.43. The summed E-state index contributed by atoms with van der Waals surface area (Å²) in [6.07, 6.45) is 6.31. The Kier molecular flexibility index (Phi) is 9.77. The van der Waals surface area contributed by atoms with Crippen LogP contribution in [0.25, 0.3) is 0 Å². The second-order valence-electron chi connectivity index (χ2n) is 5.28. The first kappa shape index (κ1) is 16.5. The smallest absolute Gasteiger partial charge is 0.186 e. The van der Waals surface area contributed by atoms with E-state index in [-0.39, 0.29) is 0 Å². The molecule has 0 aliphatic rings. The van der Waals surface area contributed by atoms with E-state index in [0.717, 1.165) is 24.8 Å². The molecule has 1 nitrogen and oxygen atoms in total. The van der Waals surface area contributed by atoms with Gasteiger partial charge in [-0.05, 0) is 37.9 Å². The average molecular weight is 265 g/mol. The third kappa shape index (κ3) is 8.60. The Morgan fingerprint density at radius 1 is 1.19 bits per heavy atom. The van der Waals surface area contributed by atoms with Crippen LogP contribution < -0.4 is 0 Å². The first-order valence-corrected chi connectivity index (χ1v) is 10.4. The molecule has 0 amide bonds. The minimum Gasteiger partial charge on any atom is -0.417 e. The minimum absolute atomic E-state index is 0.766. The lowest BCUT2D eigenvalue weighted by Gasteiger charge is -2.25. The summed E-state index contributed by atoms with van der Waals surface area (Å²) < 4.78 is 6.16. The first-order valence-electron chi connectivity index (χ1n) is 6.75. The number of unbranched alkanes of at least 4 members (excludes halogenated alkanes) is 1. The zero-order chi connectivity index (χ0) is 12.4. The lowest BCUT2D eigenvalue weighted by molar-refractivity contribution is 0.224. The molecule has 0 aromatic heterocycles. The van der Waals surface area contributed by atoms with E-state index in [1.165, 1.54) is 31.7 Å². The van der Waals surface area contributed by atoms with Gasteiger partial charge in [0.1, 0.15) is 0 Å². The lowest BCUT2D eigenvalue weighted by atomic mass is 10.0. The number of halogens is 1. The molecule has 0 fully saturated rings. The Balaban J connectivity index is 3.80. The van der Waals surface area contributed by atoms with E-state index in [0.29, 0.717) is 0 Å². The molecule has 3 heteroatoms. The lowest BCUT2D eigenvalue weighted by Crippen LogP contribution is -2.32. The molecule has 0 aliphatic carbocycles. The number of alkyl halides is 1. The second kappa shape index (κ2) is 9.49. The molecule has 98 valence electrons. The quantitative estimate of drug-likeness (QED) is 0.396. The van der Waals surface area contributed by atoms with Gasteiger partial charge in [-0.25, -0.2) is 0 Å². The van der Waals surface area contributed by atoms with E-state index in [1.807, 2.05) is 0 Å². The molecule has 16 heavy (non-hydrogen) atoms. The zero-order valence-corrected chi connectivity index (χ0v) is 13.3. The summed E-state index contributed by atoms with van der Waals surface area (Å²) in [6, 6.07) is 1.20. The molecule has 0 radical (unpaired) electrons. The summed E-state index contributed by atoms with van der Waals surface area (Å²) in [5.41, 5.74) is 0. The highest BCUT2D eigenvalue weighted by molar-refractivity contribution is 6.71. The van der Waals surface area contributed by atoms with Crippen molar-refractivity contribution in [2.75, 3.05) is 12.5 Å². The van der Waals surface area contributed by atoms with Crippen molar-refractivity contribution in [3.05, 3.63) is 0 Å². The third-order valence-electron chi connectivity index (χ3n) is 3.17. The van der Waals surface area contributed by atoms with Crippen molar-refractivity contribution in [2.45, 2.75) is 65.1 Å². The van der Waals surface area contributed by atoms with Crippen LogP contribution in [0.15, 0.2) is 0 Å². The summed E-state index contributed by atoms with van der Waals surface area (Å²) in [6.45, 7) is 10.1. The Morgan fingerprint density at radius 3 is 2.38 bits per heavy atom. The van der Waals surface area contributed by atoms with E-state index in [4.69, 9.17) is 16.0 Å². The van der Waals surface area contributed by atoms with E-state index < -0.39 is 8.32 Å². The Bertz CT molecular complexity index is 162. The van der Waals surface area contributed by atoms with Crippen LogP contribution in [0.1, 0.15) is 46.0 Å². The van der Waals surface area contributed by atoms with Gasteiger partial charge in [-0.3, -0.25) is 0 Å². The maximum absolute atomic E-state index is 6.16. The number of rotatable bonds is 10. The van der Waals surface area contributed by atoms with Crippen LogP contribution in [0, 0.1) is 5.92 Å². The molecule has 0 saturated carbocycles. The van der Waals surface area contributed by atoms with E-state index in [9.17, 15) is 0 Å². The van der Waals surface area contributed by atoms with Gasteiger partial charge in [0.05, 0.1) is 0 Å². The fraction of sp³-hybridized carbons (Fsp3) is 1.00. The van der Waals surface area contributed by atoms with E-state index in [2.05, 4.69) is 26.9 Å². The molecule has 0 saturated heterocycles. The Hall–Kier alpha value is 0.467. The van der Waals surface area contributed by atoms with Crippen LogP contribution in [0.3, 0.4) is 0 Å².